The van der Waals surface area contributed by atoms with Crippen molar-refractivity contribution in [2.45, 2.75) is 32.8 Å². The Hall–Kier alpha value is -3.41. The Bertz CT molecular complexity index is 1040. The summed E-state index contributed by atoms with van der Waals surface area (Å²) < 4.78 is 11.5. The van der Waals surface area contributed by atoms with Crippen LogP contribution in [0.25, 0.3) is 0 Å². The van der Waals surface area contributed by atoms with E-state index in [1.165, 1.54) is 5.56 Å². The number of hydrogen-bond acceptors (Lipinski definition) is 5. The van der Waals surface area contributed by atoms with E-state index in [0.29, 0.717) is 23.0 Å². The van der Waals surface area contributed by atoms with Gasteiger partial charge in [-0.1, -0.05) is 18.2 Å². The Morgan fingerprint density at radius 2 is 2.03 bits per heavy atom. The number of hydrogen-bond donors (Lipinski definition) is 0. The molecule has 0 saturated carbocycles. The third-order valence-electron chi connectivity index (χ3n) is 5.82. The molecular weight excluding hydrogens is 402 g/mol. The molecule has 6 heteroatoms. The second-order valence-corrected chi connectivity index (χ2v) is 8.22. The van der Waals surface area contributed by atoms with Gasteiger partial charge in [0, 0.05) is 31.2 Å². The van der Waals surface area contributed by atoms with Crippen molar-refractivity contribution >= 4 is 5.91 Å². The van der Waals surface area contributed by atoms with Crippen LogP contribution in [0, 0.1) is 12.8 Å². The lowest BCUT2D eigenvalue weighted by Gasteiger charge is -2.33. The Morgan fingerprint density at radius 3 is 2.78 bits per heavy atom. The Kier molecular flexibility index (Phi) is 7.00. The molecule has 1 aliphatic rings. The fourth-order valence-corrected chi connectivity index (χ4v) is 4.16. The molecule has 0 unspecified atom stereocenters. The van der Waals surface area contributed by atoms with Crippen LogP contribution < -0.4 is 9.47 Å². The summed E-state index contributed by atoms with van der Waals surface area (Å²) in [5, 5.41) is 0. The van der Waals surface area contributed by atoms with E-state index in [9.17, 15) is 4.79 Å². The van der Waals surface area contributed by atoms with Crippen molar-refractivity contribution in [3.8, 4) is 11.5 Å². The molecule has 2 aromatic heterocycles. The third kappa shape index (κ3) is 5.25. The Labute approximate surface area is 189 Å². The van der Waals surface area contributed by atoms with E-state index >= 15 is 0 Å². The van der Waals surface area contributed by atoms with Crippen molar-refractivity contribution in [3.05, 3.63) is 83.4 Å². The quantitative estimate of drug-likeness (QED) is 0.552. The van der Waals surface area contributed by atoms with Crippen LogP contribution in [-0.2, 0) is 13.0 Å². The summed E-state index contributed by atoms with van der Waals surface area (Å²) in [4.78, 5) is 24.2. The van der Waals surface area contributed by atoms with Crippen molar-refractivity contribution in [1.29, 1.82) is 0 Å². The molecule has 1 amide bonds. The molecule has 1 saturated heterocycles. The summed E-state index contributed by atoms with van der Waals surface area (Å²) in [5.74, 6) is 1.41. The fraction of sp³-hybridized carbons (Fsp3) is 0.346. The lowest BCUT2D eigenvalue weighted by Crippen LogP contribution is -2.40. The largest absolute Gasteiger partial charge is 0.493 e. The fourth-order valence-electron chi connectivity index (χ4n) is 4.16. The maximum atomic E-state index is 13.5. The van der Waals surface area contributed by atoms with E-state index in [-0.39, 0.29) is 12.5 Å². The number of para-hydroxylation sites is 1. The van der Waals surface area contributed by atoms with Gasteiger partial charge in [-0.2, -0.15) is 0 Å². The van der Waals surface area contributed by atoms with Crippen LogP contribution in [0.3, 0.4) is 0 Å². The molecular formula is C26H29N3O3. The normalized spacial score (nSPS) is 15.9. The van der Waals surface area contributed by atoms with E-state index in [4.69, 9.17) is 9.47 Å². The summed E-state index contributed by atoms with van der Waals surface area (Å²) in [7, 11) is 1.59. The summed E-state index contributed by atoms with van der Waals surface area (Å²) in [6, 6.07) is 15.3. The van der Waals surface area contributed by atoms with Gasteiger partial charge in [-0.3, -0.25) is 14.8 Å². The van der Waals surface area contributed by atoms with Crippen LogP contribution >= 0.6 is 0 Å². The predicted octanol–water partition coefficient (Wildman–Crippen LogP) is 4.47. The van der Waals surface area contributed by atoms with Crippen LogP contribution in [0.2, 0.25) is 0 Å². The van der Waals surface area contributed by atoms with Gasteiger partial charge in [0.25, 0.3) is 5.91 Å². The first-order valence-corrected chi connectivity index (χ1v) is 11.0. The van der Waals surface area contributed by atoms with E-state index < -0.39 is 0 Å². The topological polar surface area (TPSA) is 64.5 Å². The van der Waals surface area contributed by atoms with Gasteiger partial charge < -0.3 is 14.4 Å². The molecule has 0 N–H and O–H groups in total. The van der Waals surface area contributed by atoms with Crippen LogP contribution in [-0.4, -0.2) is 41.0 Å². The molecule has 3 heterocycles. The number of pyridine rings is 2. The number of carbonyl (C=O) groups is 1. The second-order valence-electron chi connectivity index (χ2n) is 8.22. The predicted molar refractivity (Wildman–Crippen MR) is 123 cm³/mol. The van der Waals surface area contributed by atoms with Crippen LogP contribution in [0.15, 0.2) is 60.9 Å². The highest BCUT2D eigenvalue weighted by molar-refractivity contribution is 5.98. The average molecular weight is 432 g/mol. The van der Waals surface area contributed by atoms with E-state index in [1.807, 2.05) is 60.5 Å². The number of benzene rings is 1. The average Bonchev–Trinajstić information content (AvgIpc) is 2.84. The Morgan fingerprint density at radius 1 is 1.12 bits per heavy atom. The number of rotatable bonds is 7. The van der Waals surface area contributed by atoms with Crippen LogP contribution in [0.4, 0.5) is 0 Å². The molecule has 1 aliphatic heterocycles. The molecule has 3 aromatic rings. The first kappa shape index (κ1) is 21.8. The van der Waals surface area contributed by atoms with Crippen LogP contribution in [0.1, 0.15) is 40.2 Å². The minimum absolute atomic E-state index is 0.0216. The molecule has 166 valence electrons. The highest BCUT2D eigenvalue weighted by atomic mass is 16.5. The van der Waals surface area contributed by atoms with Crippen molar-refractivity contribution < 1.29 is 14.3 Å². The van der Waals surface area contributed by atoms with Gasteiger partial charge in [-0.15, -0.1) is 0 Å². The van der Waals surface area contributed by atoms with Crippen LogP contribution in [0.5, 0.6) is 11.5 Å². The minimum atomic E-state index is -0.0216. The smallest absolute Gasteiger partial charge is 0.257 e. The molecule has 1 fully saturated rings. The molecule has 0 bridgehead atoms. The number of methoxy groups -OCH3 is 1. The van der Waals surface area contributed by atoms with Gasteiger partial charge in [-0.25, -0.2) is 0 Å². The zero-order chi connectivity index (χ0) is 22.3. The monoisotopic (exact) mass is 431 g/mol. The molecule has 32 heavy (non-hydrogen) atoms. The lowest BCUT2D eigenvalue weighted by molar-refractivity contribution is 0.0667. The number of carbonyl (C=O) groups excluding carboxylic acids is 1. The van der Waals surface area contributed by atoms with Crippen molar-refractivity contribution in [3.63, 3.8) is 0 Å². The third-order valence-corrected chi connectivity index (χ3v) is 5.82. The highest BCUT2D eigenvalue weighted by Crippen LogP contribution is 2.33. The SMILES string of the molecule is COc1cccc(C(=O)N2CCC[C@@H](Cc3ccc(C)nc3)C2)c1OCc1ccccn1. The lowest BCUT2D eigenvalue weighted by atomic mass is 9.91. The van der Waals surface area contributed by atoms with Gasteiger partial charge in [0.05, 0.1) is 18.4 Å². The highest BCUT2D eigenvalue weighted by Gasteiger charge is 2.27. The second kappa shape index (κ2) is 10.3. The molecule has 1 atom stereocenters. The first-order valence-electron chi connectivity index (χ1n) is 11.0. The zero-order valence-corrected chi connectivity index (χ0v) is 18.7. The van der Waals surface area contributed by atoms with Gasteiger partial charge in [0.15, 0.2) is 11.5 Å². The Balaban J connectivity index is 1.49. The number of likely N-dealkylation sites (tertiary alicyclic amines) is 1. The number of aryl methyl sites for hydroxylation is 1. The van der Waals surface area contributed by atoms with E-state index in [1.54, 1.807) is 13.3 Å². The molecule has 1 aromatic carbocycles. The summed E-state index contributed by atoms with van der Waals surface area (Å²) >= 11 is 0. The molecule has 4 rings (SSSR count). The van der Waals surface area contributed by atoms with E-state index in [2.05, 4.69) is 16.0 Å². The molecule has 0 aliphatic carbocycles. The number of ether oxygens (including phenoxy) is 2. The maximum absolute atomic E-state index is 13.5. The number of piperidine rings is 1. The number of amides is 1. The van der Waals surface area contributed by atoms with E-state index in [0.717, 1.165) is 43.7 Å². The van der Waals surface area contributed by atoms with Crippen molar-refractivity contribution in [2.24, 2.45) is 5.92 Å². The number of nitrogens with zero attached hydrogens (tertiary/aromatic N) is 3. The zero-order valence-electron chi connectivity index (χ0n) is 18.7. The molecule has 6 nitrogen and oxygen atoms in total. The summed E-state index contributed by atoms with van der Waals surface area (Å²) in [5.41, 5.74) is 3.56. The standard InChI is InChI=1S/C26H29N3O3/c1-19-11-12-20(16-28-19)15-21-7-6-14-29(17-21)26(30)23-9-5-10-24(31-2)25(23)32-18-22-8-3-4-13-27-22/h3-5,8-13,16,21H,6-7,14-15,17-18H2,1-2H3/t21-/m0/s1. The van der Waals surface area contributed by atoms with Gasteiger partial charge in [-0.05, 0) is 68.0 Å². The van der Waals surface area contributed by atoms with Crippen molar-refractivity contribution in [1.82, 2.24) is 14.9 Å². The summed E-state index contributed by atoms with van der Waals surface area (Å²) in [6.45, 7) is 3.74. The van der Waals surface area contributed by atoms with Gasteiger partial charge in [0.1, 0.15) is 6.61 Å². The number of aromatic nitrogens is 2. The van der Waals surface area contributed by atoms with Gasteiger partial charge >= 0.3 is 0 Å². The first-order chi connectivity index (χ1) is 15.6. The van der Waals surface area contributed by atoms with Crippen molar-refractivity contribution in [2.75, 3.05) is 20.2 Å². The molecule has 0 spiro atoms. The minimum Gasteiger partial charge on any atom is -0.493 e. The summed E-state index contributed by atoms with van der Waals surface area (Å²) in [6.07, 6.45) is 6.70. The maximum Gasteiger partial charge on any atom is 0.257 e. The van der Waals surface area contributed by atoms with Gasteiger partial charge in [0.2, 0.25) is 0 Å². The molecule has 0 radical (unpaired) electrons.